The number of carbonyl (C=O) groups is 2. The molecule has 0 bridgehead atoms. The second-order valence-corrected chi connectivity index (χ2v) is 6.29. The quantitative estimate of drug-likeness (QED) is 0.851. The molecule has 1 aliphatic heterocycles. The van der Waals surface area contributed by atoms with Crippen LogP contribution in [-0.2, 0) is 16.1 Å². The maximum Gasteiger partial charge on any atom is 0.413 e. The number of hydrogen-bond donors (Lipinski definition) is 0. The van der Waals surface area contributed by atoms with Gasteiger partial charge in [0.05, 0.1) is 12.6 Å². The van der Waals surface area contributed by atoms with E-state index in [0.717, 1.165) is 17.6 Å². The third-order valence-corrected chi connectivity index (χ3v) is 4.50. The molecule has 1 aliphatic carbocycles. The lowest BCUT2D eigenvalue weighted by Crippen LogP contribution is -2.49. The van der Waals surface area contributed by atoms with Crippen LogP contribution in [0.5, 0.6) is 0 Å². The van der Waals surface area contributed by atoms with Gasteiger partial charge in [0, 0.05) is 13.2 Å². The molecular formula is C18H22N2O4. The van der Waals surface area contributed by atoms with E-state index in [-0.39, 0.29) is 24.8 Å². The Kier molecular flexibility index (Phi) is 4.74. The molecule has 0 aromatic heterocycles. The van der Waals surface area contributed by atoms with E-state index in [9.17, 15) is 9.59 Å². The number of rotatable bonds is 4. The Balaban J connectivity index is 1.60. The number of likely N-dealkylation sites (N-methyl/N-ethyl adjacent to an activating group) is 1. The lowest BCUT2D eigenvalue weighted by molar-refractivity contribution is 0.0749. The Labute approximate surface area is 141 Å². The van der Waals surface area contributed by atoms with E-state index in [1.807, 2.05) is 36.5 Å². The van der Waals surface area contributed by atoms with Crippen LogP contribution in [0.15, 0.2) is 42.1 Å². The van der Waals surface area contributed by atoms with E-state index in [1.165, 1.54) is 0 Å². The molecular weight excluding hydrogens is 308 g/mol. The number of hydrogen-bond acceptors (Lipinski definition) is 4. The highest BCUT2D eigenvalue weighted by Gasteiger charge is 2.39. The highest BCUT2D eigenvalue weighted by Crippen LogP contribution is 2.37. The summed E-state index contributed by atoms with van der Waals surface area (Å²) >= 11 is 0. The van der Waals surface area contributed by atoms with Crippen LogP contribution in [-0.4, -0.2) is 48.2 Å². The number of benzene rings is 1. The van der Waals surface area contributed by atoms with E-state index >= 15 is 0 Å². The normalized spacial score (nSPS) is 24.5. The summed E-state index contributed by atoms with van der Waals surface area (Å²) in [5, 5.41) is 0. The molecule has 1 saturated carbocycles. The summed E-state index contributed by atoms with van der Waals surface area (Å²) in [5.41, 5.74) is 2.01. The molecule has 6 heteroatoms. The van der Waals surface area contributed by atoms with Gasteiger partial charge in [-0.05, 0) is 23.5 Å². The summed E-state index contributed by atoms with van der Waals surface area (Å²) in [4.78, 5) is 27.1. The largest absolute Gasteiger partial charge is 0.447 e. The first-order chi connectivity index (χ1) is 11.6. The van der Waals surface area contributed by atoms with Crippen LogP contribution < -0.4 is 0 Å². The minimum Gasteiger partial charge on any atom is -0.447 e. The van der Waals surface area contributed by atoms with Gasteiger partial charge in [0.15, 0.2) is 0 Å². The molecule has 0 radical (unpaired) electrons. The van der Waals surface area contributed by atoms with E-state index in [2.05, 4.69) is 6.92 Å². The highest BCUT2D eigenvalue weighted by atomic mass is 16.6. The molecule has 2 fully saturated rings. The summed E-state index contributed by atoms with van der Waals surface area (Å²) in [6.07, 6.45) is 2.01. The van der Waals surface area contributed by atoms with Crippen molar-refractivity contribution in [2.24, 2.45) is 5.92 Å². The number of nitrogens with zero attached hydrogens (tertiary/aromatic N) is 2. The standard InChI is InChI=1S/C18H22N2O4/c1-13-10-15(11-20-8-9-23-18(20)22)16(13)19(2)17(21)24-12-14-6-4-3-5-7-14/h3-7,11,13,16H,8-10,12H2,1-2H3/b15-11+/t13-,16+/m1/s1. The molecule has 24 heavy (non-hydrogen) atoms. The zero-order valence-corrected chi connectivity index (χ0v) is 14.0. The van der Waals surface area contributed by atoms with Gasteiger partial charge in [-0.15, -0.1) is 0 Å². The summed E-state index contributed by atoms with van der Waals surface area (Å²) in [6.45, 7) is 3.32. The number of amides is 2. The summed E-state index contributed by atoms with van der Waals surface area (Å²) in [6, 6.07) is 9.55. The second kappa shape index (κ2) is 6.95. The van der Waals surface area contributed by atoms with Gasteiger partial charge in [-0.1, -0.05) is 37.3 Å². The van der Waals surface area contributed by atoms with Gasteiger partial charge in [-0.2, -0.15) is 0 Å². The van der Waals surface area contributed by atoms with Gasteiger partial charge < -0.3 is 14.4 Å². The summed E-state index contributed by atoms with van der Waals surface area (Å²) in [5.74, 6) is 0.337. The van der Waals surface area contributed by atoms with Crippen molar-refractivity contribution in [1.82, 2.24) is 9.80 Å². The molecule has 2 amide bonds. The Morgan fingerprint density at radius 1 is 1.42 bits per heavy atom. The van der Waals surface area contributed by atoms with Gasteiger partial charge >= 0.3 is 12.2 Å². The third kappa shape index (κ3) is 3.37. The molecule has 0 N–H and O–H groups in total. The maximum atomic E-state index is 12.3. The van der Waals surface area contributed by atoms with Gasteiger partial charge in [0.25, 0.3) is 0 Å². The fraction of sp³-hybridized carbons (Fsp3) is 0.444. The Hall–Kier alpha value is -2.50. The van der Waals surface area contributed by atoms with Crippen LogP contribution in [0.1, 0.15) is 18.9 Å². The molecule has 128 valence electrons. The van der Waals surface area contributed by atoms with Crippen molar-refractivity contribution in [3.63, 3.8) is 0 Å². The lowest BCUT2D eigenvalue weighted by Gasteiger charge is -2.43. The first-order valence-corrected chi connectivity index (χ1v) is 8.13. The SMILES string of the molecule is C[C@@H]1C/C(=C\N2CCOC2=O)[C@H]1N(C)C(=O)OCc1ccccc1. The molecule has 3 rings (SSSR count). The predicted octanol–water partition coefficient (Wildman–Crippen LogP) is 3.00. The van der Waals surface area contributed by atoms with E-state index < -0.39 is 0 Å². The van der Waals surface area contributed by atoms with E-state index in [1.54, 1.807) is 16.8 Å². The van der Waals surface area contributed by atoms with Crippen molar-refractivity contribution in [2.45, 2.75) is 26.0 Å². The highest BCUT2D eigenvalue weighted by molar-refractivity contribution is 5.71. The van der Waals surface area contributed by atoms with Crippen molar-refractivity contribution < 1.29 is 19.1 Å². The first-order valence-electron chi connectivity index (χ1n) is 8.13. The Morgan fingerprint density at radius 2 is 2.17 bits per heavy atom. The van der Waals surface area contributed by atoms with Crippen molar-refractivity contribution >= 4 is 12.2 Å². The number of carbonyl (C=O) groups excluding carboxylic acids is 2. The molecule has 0 unspecified atom stereocenters. The molecule has 2 atom stereocenters. The lowest BCUT2D eigenvalue weighted by atomic mass is 9.75. The van der Waals surface area contributed by atoms with Gasteiger partial charge in [0.2, 0.25) is 0 Å². The Bertz CT molecular complexity index is 644. The topological polar surface area (TPSA) is 59.1 Å². The average molecular weight is 330 g/mol. The van der Waals surface area contributed by atoms with Crippen molar-refractivity contribution in [3.05, 3.63) is 47.7 Å². The van der Waals surface area contributed by atoms with Gasteiger partial charge in [-0.3, -0.25) is 4.90 Å². The van der Waals surface area contributed by atoms with Crippen LogP contribution in [0.25, 0.3) is 0 Å². The second-order valence-electron chi connectivity index (χ2n) is 6.29. The smallest absolute Gasteiger partial charge is 0.413 e. The maximum absolute atomic E-state index is 12.3. The predicted molar refractivity (Wildman–Crippen MR) is 88.1 cm³/mol. The van der Waals surface area contributed by atoms with Crippen LogP contribution in [0.3, 0.4) is 0 Å². The molecule has 1 heterocycles. The fourth-order valence-corrected chi connectivity index (χ4v) is 3.23. The van der Waals surface area contributed by atoms with Crippen molar-refractivity contribution in [3.8, 4) is 0 Å². The average Bonchev–Trinajstić information content (AvgIpc) is 2.98. The van der Waals surface area contributed by atoms with Crippen LogP contribution in [0.4, 0.5) is 9.59 Å². The number of ether oxygens (including phenoxy) is 2. The van der Waals surface area contributed by atoms with Crippen molar-refractivity contribution in [2.75, 3.05) is 20.2 Å². The van der Waals surface area contributed by atoms with E-state index in [4.69, 9.17) is 9.47 Å². The third-order valence-electron chi connectivity index (χ3n) is 4.50. The van der Waals surface area contributed by atoms with Crippen LogP contribution in [0.2, 0.25) is 0 Å². The zero-order chi connectivity index (χ0) is 17.1. The van der Waals surface area contributed by atoms with Gasteiger partial charge in [0.1, 0.15) is 13.2 Å². The monoisotopic (exact) mass is 330 g/mol. The summed E-state index contributed by atoms with van der Waals surface area (Å²) in [7, 11) is 1.74. The van der Waals surface area contributed by atoms with Crippen LogP contribution in [0, 0.1) is 5.92 Å². The fourth-order valence-electron chi connectivity index (χ4n) is 3.23. The van der Waals surface area contributed by atoms with Crippen molar-refractivity contribution in [1.29, 1.82) is 0 Å². The Morgan fingerprint density at radius 3 is 2.79 bits per heavy atom. The molecule has 1 aromatic carbocycles. The summed E-state index contributed by atoms with van der Waals surface area (Å²) < 4.78 is 10.3. The zero-order valence-electron chi connectivity index (χ0n) is 14.0. The molecule has 2 aliphatic rings. The molecule has 1 aromatic rings. The number of cyclic esters (lactones) is 1. The molecule has 0 spiro atoms. The minimum atomic E-state index is -0.356. The molecule has 1 saturated heterocycles. The van der Waals surface area contributed by atoms with Crippen LogP contribution >= 0.6 is 0 Å². The minimum absolute atomic E-state index is 0.0401. The van der Waals surface area contributed by atoms with E-state index in [0.29, 0.717) is 19.1 Å². The first kappa shape index (κ1) is 16.4. The molecule has 6 nitrogen and oxygen atoms in total. The van der Waals surface area contributed by atoms with Gasteiger partial charge in [-0.25, -0.2) is 9.59 Å².